The first-order valence-corrected chi connectivity index (χ1v) is 11.1. The summed E-state index contributed by atoms with van der Waals surface area (Å²) in [6.07, 6.45) is 3.41. The van der Waals surface area contributed by atoms with Gasteiger partial charge in [-0.3, -0.25) is 0 Å². The topological polar surface area (TPSA) is 18.5 Å². The summed E-state index contributed by atoms with van der Waals surface area (Å²) in [4.78, 5) is 0. The molecule has 0 aliphatic rings. The van der Waals surface area contributed by atoms with Crippen LogP contribution in [0.4, 0.5) is 0 Å². The molecule has 160 valence electrons. The van der Waals surface area contributed by atoms with E-state index in [0.717, 1.165) is 30.8 Å². The molecule has 0 aliphatic heterocycles. The Hall–Kier alpha value is -1.96. The van der Waals surface area contributed by atoms with Gasteiger partial charge in [-0.25, -0.2) is 0 Å². The number of aryl methyl sites for hydroxylation is 2. The standard InChI is InChI=1S/C27H40O2/c1-9-26(6,7)24-14-12-22(18-20(24)4)28-16-17-29-23-13-15-25(21(5)19-23)27(8,10-2)11-3/h12-15,18-19H,9-11,16-17H2,1-8H3. The van der Waals surface area contributed by atoms with Gasteiger partial charge in [0.15, 0.2) is 0 Å². The van der Waals surface area contributed by atoms with Gasteiger partial charge in [-0.1, -0.05) is 53.7 Å². The molecule has 0 unspecified atom stereocenters. The van der Waals surface area contributed by atoms with Crippen LogP contribution in [0.2, 0.25) is 0 Å². The molecule has 0 bridgehead atoms. The lowest BCUT2D eigenvalue weighted by molar-refractivity contribution is 0.217. The van der Waals surface area contributed by atoms with Gasteiger partial charge >= 0.3 is 0 Å². The van der Waals surface area contributed by atoms with Crippen molar-refractivity contribution in [2.45, 2.75) is 85.5 Å². The summed E-state index contributed by atoms with van der Waals surface area (Å²) in [6, 6.07) is 12.9. The van der Waals surface area contributed by atoms with Crippen LogP contribution in [0.15, 0.2) is 36.4 Å². The maximum absolute atomic E-state index is 5.94. The van der Waals surface area contributed by atoms with Gasteiger partial charge in [0.25, 0.3) is 0 Å². The molecule has 2 aromatic carbocycles. The fourth-order valence-electron chi connectivity index (χ4n) is 4.03. The minimum atomic E-state index is 0.196. The third-order valence-electron chi connectivity index (χ3n) is 6.84. The summed E-state index contributed by atoms with van der Waals surface area (Å²) in [5, 5.41) is 0. The van der Waals surface area contributed by atoms with E-state index in [2.05, 4.69) is 91.8 Å². The van der Waals surface area contributed by atoms with Crippen molar-refractivity contribution in [3.8, 4) is 11.5 Å². The van der Waals surface area contributed by atoms with Crippen molar-refractivity contribution in [3.63, 3.8) is 0 Å². The molecule has 0 spiro atoms. The largest absolute Gasteiger partial charge is 0.490 e. The Balaban J connectivity index is 1.93. The second kappa shape index (κ2) is 9.69. The Morgan fingerprint density at radius 1 is 0.655 bits per heavy atom. The summed E-state index contributed by atoms with van der Waals surface area (Å²) in [5.74, 6) is 1.83. The Morgan fingerprint density at radius 2 is 1.10 bits per heavy atom. The average Bonchev–Trinajstić information content (AvgIpc) is 2.70. The molecule has 2 heteroatoms. The molecule has 2 rings (SSSR count). The van der Waals surface area contributed by atoms with Gasteiger partial charge in [0.05, 0.1) is 0 Å². The molecule has 0 aromatic heterocycles. The van der Waals surface area contributed by atoms with E-state index in [1.54, 1.807) is 0 Å². The van der Waals surface area contributed by atoms with Crippen molar-refractivity contribution < 1.29 is 9.47 Å². The quantitative estimate of drug-likeness (QED) is 0.386. The highest BCUT2D eigenvalue weighted by Crippen LogP contribution is 2.35. The molecule has 0 N–H and O–H groups in total. The van der Waals surface area contributed by atoms with Gasteiger partial charge in [0.2, 0.25) is 0 Å². The lowest BCUT2D eigenvalue weighted by Gasteiger charge is -2.29. The van der Waals surface area contributed by atoms with Gasteiger partial charge < -0.3 is 9.47 Å². The highest BCUT2D eigenvalue weighted by Gasteiger charge is 2.24. The van der Waals surface area contributed by atoms with Crippen LogP contribution in [0.1, 0.15) is 83.1 Å². The zero-order valence-electron chi connectivity index (χ0n) is 19.8. The van der Waals surface area contributed by atoms with Crippen LogP contribution in [0.25, 0.3) is 0 Å². The molecular weight excluding hydrogens is 356 g/mol. The van der Waals surface area contributed by atoms with Gasteiger partial charge in [0.1, 0.15) is 24.7 Å². The highest BCUT2D eigenvalue weighted by atomic mass is 16.5. The molecule has 0 saturated heterocycles. The third-order valence-corrected chi connectivity index (χ3v) is 6.84. The fraction of sp³-hybridized carbons (Fsp3) is 0.556. The van der Waals surface area contributed by atoms with Crippen molar-refractivity contribution in [1.29, 1.82) is 0 Å². The zero-order valence-corrected chi connectivity index (χ0v) is 19.8. The van der Waals surface area contributed by atoms with Gasteiger partial charge in [-0.15, -0.1) is 0 Å². The average molecular weight is 397 g/mol. The van der Waals surface area contributed by atoms with Gasteiger partial charge in [-0.05, 0) is 90.5 Å². The van der Waals surface area contributed by atoms with E-state index in [-0.39, 0.29) is 10.8 Å². The molecule has 0 radical (unpaired) electrons. The smallest absolute Gasteiger partial charge is 0.122 e. The van der Waals surface area contributed by atoms with Crippen molar-refractivity contribution in [2.24, 2.45) is 0 Å². The first-order valence-electron chi connectivity index (χ1n) is 11.1. The number of benzene rings is 2. The Bertz CT molecular complexity index is 800. The van der Waals surface area contributed by atoms with Crippen LogP contribution in [-0.2, 0) is 10.8 Å². The first-order chi connectivity index (χ1) is 13.7. The maximum atomic E-state index is 5.94. The fourth-order valence-corrected chi connectivity index (χ4v) is 4.03. The predicted molar refractivity (Wildman–Crippen MR) is 125 cm³/mol. The number of rotatable bonds is 10. The number of hydrogen-bond acceptors (Lipinski definition) is 2. The van der Waals surface area contributed by atoms with E-state index in [1.165, 1.54) is 22.3 Å². The van der Waals surface area contributed by atoms with E-state index in [0.29, 0.717) is 13.2 Å². The number of hydrogen-bond donors (Lipinski definition) is 0. The summed E-state index contributed by atoms with van der Waals surface area (Å²) < 4.78 is 11.9. The van der Waals surface area contributed by atoms with Gasteiger partial charge in [-0.2, -0.15) is 0 Å². The molecule has 0 fully saturated rings. The van der Waals surface area contributed by atoms with Crippen LogP contribution in [0.5, 0.6) is 11.5 Å². The lowest BCUT2D eigenvalue weighted by atomic mass is 9.76. The minimum Gasteiger partial charge on any atom is -0.490 e. The molecule has 29 heavy (non-hydrogen) atoms. The second-order valence-electron chi connectivity index (χ2n) is 9.16. The van der Waals surface area contributed by atoms with E-state index in [1.807, 2.05) is 0 Å². The SMILES string of the molecule is CCC(C)(C)c1ccc(OCCOc2ccc(C(C)(CC)CC)c(C)c2)cc1C. The normalized spacial score (nSPS) is 12.1. The molecule has 0 saturated carbocycles. The summed E-state index contributed by atoms with van der Waals surface area (Å²) in [6.45, 7) is 19.1. The van der Waals surface area contributed by atoms with Gasteiger partial charge in [0, 0.05) is 0 Å². The van der Waals surface area contributed by atoms with Crippen LogP contribution in [0, 0.1) is 13.8 Å². The van der Waals surface area contributed by atoms with Crippen molar-refractivity contribution >= 4 is 0 Å². The third kappa shape index (κ3) is 5.56. The Morgan fingerprint density at radius 3 is 1.48 bits per heavy atom. The molecule has 0 atom stereocenters. The second-order valence-corrected chi connectivity index (χ2v) is 9.16. The molecule has 2 nitrogen and oxygen atoms in total. The van der Waals surface area contributed by atoms with Crippen LogP contribution in [0.3, 0.4) is 0 Å². The monoisotopic (exact) mass is 396 g/mol. The van der Waals surface area contributed by atoms with Crippen molar-refractivity contribution in [3.05, 3.63) is 58.7 Å². The van der Waals surface area contributed by atoms with Crippen molar-refractivity contribution in [2.75, 3.05) is 13.2 Å². The maximum Gasteiger partial charge on any atom is 0.122 e. The minimum absolute atomic E-state index is 0.196. The van der Waals surface area contributed by atoms with E-state index >= 15 is 0 Å². The van der Waals surface area contributed by atoms with Crippen LogP contribution in [-0.4, -0.2) is 13.2 Å². The van der Waals surface area contributed by atoms with Crippen LogP contribution < -0.4 is 9.47 Å². The lowest BCUT2D eigenvalue weighted by Crippen LogP contribution is -2.20. The summed E-state index contributed by atoms with van der Waals surface area (Å²) >= 11 is 0. The van der Waals surface area contributed by atoms with E-state index in [9.17, 15) is 0 Å². The molecular formula is C27H40O2. The molecule has 2 aromatic rings. The zero-order chi connectivity index (χ0) is 21.7. The van der Waals surface area contributed by atoms with E-state index < -0.39 is 0 Å². The molecule has 0 amide bonds. The highest BCUT2D eigenvalue weighted by molar-refractivity contribution is 5.40. The predicted octanol–water partition coefficient (Wildman–Crippen LogP) is 7.53. The Kier molecular flexibility index (Phi) is 7.80. The summed E-state index contributed by atoms with van der Waals surface area (Å²) in [5.41, 5.74) is 5.85. The first kappa shape index (κ1) is 23.3. The van der Waals surface area contributed by atoms with Crippen molar-refractivity contribution in [1.82, 2.24) is 0 Å². The Labute approximate surface area is 178 Å². The summed E-state index contributed by atoms with van der Waals surface area (Å²) in [7, 11) is 0. The van der Waals surface area contributed by atoms with Crippen LogP contribution >= 0.6 is 0 Å². The molecule has 0 aliphatic carbocycles. The molecule has 0 heterocycles. The van der Waals surface area contributed by atoms with E-state index in [4.69, 9.17) is 9.47 Å². The number of ether oxygens (including phenoxy) is 2.